The first-order chi connectivity index (χ1) is 10.2. The molecule has 3 aromatic rings. The maximum Gasteiger partial charge on any atom is 0.181 e. The summed E-state index contributed by atoms with van der Waals surface area (Å²) in [7, 11) is 0. The molecule has 2 aromatic heterocycles. The van der Waals surface area contributed by atoms with Gasteiger partial charge in [-0.25, -0.2) is 9.97 Å². The largest absolute Gasteiger partial charge is 0.328 e. The van der Waals surface area contributed by atoms with E-state index in [1.807, 2.05) is 25.1 Å². The minimum atomic E-state index is 0.0910. The van der Waals surface area contributed by atoms with E-state index < -0.39 is 0 Å². The number of Topliss-reactive ketones (excluding diaryl/α,β-unsaturated/α-hetero) is 1. The van der Waals surface area contributed by atoms with Crippen molar-refractivity contribution >= 4 is 28.2 Å². The van der Waals surface area contributed by atoms with Gasteiger partial charge in [-0.15, -0.1) is 11.3 Å². The molecule has 2 heterocycles. The number of aromatic nitrogens is 3. The van der Waals surface area contributed by atoms with Crippen LogP contribution in [0.1, 0.15) is 33.8 Å². The summed E-state index contributed by atoms with van der Waals surface area (Å²) in [4.78, 5) is 21.9. The van der Waals surface area contributed by atoms with Crippen molar-refractivity contribution in [3.05, 3.63) is 46.2 Å². The Morgan fingerprint density at radius 3 is 2.86 bits per heavy atom. The van der Waals surface area contributed by atoms with Crippen molar-refractivity contribution in [2.45, 2.75) is 33.2 Å². The third-order valence-corrected chi connectivity index (χ3v) is 4.35. The number of thiazole rings is 1. The number of aryl methyl sites for hydroxylation is 2. The van der Waals surface area contributed by atoms with Gasteiger partial charge in [-0.2, -0.15) is 0 Å². The first kappa shape index (κ1) is 13.9. The smallest absolute Gasteiger partial charge is 0.181 e. The highest BCUT2D eigenvalue weighted by Gasteiger charge is 2.16. The topological polar surface area (TPSA) is 47.8 Å². The molecule has 0 amide bonds. The first-order valence-electron chi connectivity index (χ1n) is 7.09. The average Bonchev–Trinajstić information content (AvgIpc) is 3.04. The predicted molar refractivity (Wildman–Crippen MR) is 84.9 cm³/mol. The summed E-state index contributed by atoms with van der Waals surface area (Å²) in [5, 5.41) is 0.917. The van der Waals surface area contributed by atoms with Crippen LogP contribution in [0.5, 0.6) is 0 Å². The molecule has 0 aliphatic heterocycles. The predicted octanol–water partition coefficient (Wildman–Crippen LogP) is 3.64. The number of fused-ring (bicyclic) bond motifs is 1. The molecule has 0 spiro atoms. The molecule has 0 saturated carbocycles. The molecule has 0 N–H and O–H groups in total. The minimum Gasteiger partial charge on any atom is -0.328 e. The monoisotopic (exact) mass is 299 g/mol. The number of benzene rings is 1. The van der Waals surface area contributed by atoms with Gasteiger partial charge in [0.25, 0.3) is 0 Å². The maximum absolute atomic E-state index is 12.4. The van der Waals surface area contributed by atoms with Gasteiger partial charge in [0, 0.05) is 12.7 Å². The van der Waals surface area contributed by atoms with Gasteiger partial charge in [0.15, 0.2) is 5.78 Å². The molecule has 5 heteroatoms. The van der Waals surface area contributed by atoms with Crippen molar-refractivity contribution in [2.75, 3.05) is 0 Å². The number of hydrogen-bond acceptors (Lipinski definition) is 4. The van der Waals surface area contributed by atoms with Crippen LogP contribution >= 0.6 is 11.3 Å². The molecular weight excluding hydrogens is 282 g/mol. The van der Waals surface area contributed by atoms with E-state index in [0.29, 0.717) is 11.3 Å². The standard InChI is InChI=1S/C16H17N3OS/c1-3-8-19-13-7-5-4-6-12(13)18-16(19)9-14(20)15-10-17-11(2)21-15/h4-7,10H,3,8-9H2,1-2H3. The maximum atomic E-state index is 12.4. The van der Waals surface area contributed by atoms with Crippen molar-refractivity contribution < 1.29 is 4.79 Å². The van der Waals surface area contributed by atoms with Crippen molar-refractivity contribution in [1.82, 2.24) is 14.5 Å². The van der Waals surface area contributed by atoms with E-state index in [2.05, 4.69) is 27.5 Å². The Bertz CT molecular complexity index is 788. The third kappa shape index (κ3) is 2.74. The normalized spacial score (nSPS) is 11.1. The molecule has 108 valence electrons. The molecule has 0 aliphatic carbocycles. The number of nitrogens with zero attached hydrogens (tertiary/aromatic N) is 3. The fourth-order valence-corrected chi connectivity index (χ4v) is 3.17. The number of carbonyl (C=O) groups is 1. The first-order valence-corrected chi connectivity index (χ1v) is 7.90. The lowest BCUT2D eigenvalue weighted by molar-refractivity contribution is 0.0993. The summed E-state index contributed by atoms with van der Waals surface area (Å²) in [6.45, 7) is 4.92. The Kier molecular flexibility index (Phi) is 3.84. The quantitative estimate of drug-likeness (QED) is 0.676. The Morgan fingerprint density at radius 2 is 2.14 bits per heavy atom. The molecule has 0 atom stereocenters. The van der Waals surface area contributed by atoms with Crippen LogP contribution < -0.4 is 0 Å². The Balaban J connectivity index is 1.96. The summed E-state index contributed by atoms with van der Waals surface area (Å²) in [6, 6.07) is 8.03. The van der Waals surface area contributed by atoms with Gasteiger partial charge in [-0.05, 0) is 25.5 Å². The summed E-state index contributed by atoms with van der Waals surface area (Å²) in [5.74, 6) is 0.933. The van der Waals surface area contributed by atoms with Crippen LogP contribution in [0.4, 0.5) is 0 Å². The number of para-hydroxylation sites is 2. The molecule has 21 heavy (non-hydrogen) atoms. The van der Waals surface area contributed by atoms with Crippen molar-refractivity contribution in [3.63, 3.8) is 0 Å². The zero-order valence-electron chi connectivity index (χ0n) is 12.2. The highest BCUT2D eigenvalue weighted by atomic mass is 32.1. The summed E-state index contributed by atoms with van der Waals surface area (Å²) in [5.41, 5.74) is 2.05. The number of hydrogen-bond donors (Lipinski definition) is 0. The fourth-order valence-electron chi connectivity index (χ4n) is 2.45. The molecule has 3 rings (SSSR count). The second kappa shape index (κ2) is 5.77. The molecule has 4 nitrogen and oxygen atoms in total. The summed E-state index contributed by atoms with van der Waals surface area (Å²) in [6.07, 6.45) is 3.01. The second-order valence-electron chi connectivity index (χ2n) is 5.01. The lowest BCUT2D eigenvalue weighted by atomic mass is 10.2. The lowest BCUT2D eigenvalue weighted by Crippen LogP contribution is -2.09. The molecule has 0 aliphatic rings. The van der Waals surface area contributed by atoms with Gasteiger partial charge < -0.3 is 4.57 Å². The molecule has 0 saturated heterocycles. The van der Waals surface area contributed by atoms with Crippen LogP contribution in [0.3, 0.4) is 0 Å². The van der Waals surface area contributed by atoms with Crippen LogP contribution in [0.2, 0.25) is 0 Å². The van der Waals surface area contributed by atoms with Crippen LogP contribution in [0.15, 0.2) is 30.5 Å². The lowest BCUT2D eigenvalue weighted by Gasteiger charge is -2.06. The number of imidazole rings is 1. The zero-order valence-corrected chi connectivity index (χ0v) is 13.0. The highest BCUT2D eigenvalue weighted by molar-refractivity contribution is 7.13. The van der Waals surface area contributed by atoms with Crippen LogP contribution in [-0.2, 0) is 13.0 Å². The molecule has 0 unspecified atom stereocenters. The van der Waals surface area contributed by atoms with Crippen molar-refractivity contribution in [3.8, 4) is 0 Å². The number of carbonyl (C=O) groups excluding carboxylic acids is 1. The number of ketones is 1. The minimum absolute atomic E-state index is 0.0910. The van der Waals surface area contributed by atoms with E-state index in [4.69, 9.17) is 0 Å². The van der Waals surface area contributed by atoms with E-state index in [9.17, 15) is 4.79 Å². The van der Waals surface area contributed by atoms with Gasteiger partial charge in [-0.1, -0.05) is 19.1 Å². The van der Waals surface area contributed by atoms with E-state index in [1.54, 1.807) is 6.20 Å². The van der Waals surface area contributed by atoms with Gasteiger partial charge in [0.1, 0.15) is 5.82 Å². The Morgan fingerprint density at radius 1 is 1.33 bits per heavy atom. The molecule has 0 fully saturated rings. The fraction of sp³-hybridized carbons (Fsp3) is 0.312. The van der Waals surface area contributed by atoms with Crippen LogP contribution in [0, 0.1) is 6.92 Å². The summed E-state index contributed by atoms with van der Waals surface area (Å²) < 4.78 is 2.15. The Labute approximate surface area is 127 Å². The van der Waals surface area contributed by atoms with Gasteiger partial charge in [0.2, 0.25) is 0 Å². The van der Waals surface area contributed by atoms with Crippen molar-refractivity contribution in [1.29, 1.82) is 0 Å². The number of rotatable bonds is 5. The van der Waals surface area contributed by atoms with E-state index in [1.165, 1.54) is 11.3 Å². The van der Waals surface area contributed by atoms with Crippen LogP contribution in [0.25, 0.3) is 11.0 Å². The highest BCUT2D eigenvalue weighted by Crippen LogP contribution is 2.19. The van der Waals surface area contributed by atoms with E-state index in [-0.39, 0.29) is 5.78 Å². The van der Waals surface area contributed by atoms with Gasteiger partial charge in [-0.3, -0.25) is 4.79 Å². The third-order valence-electron chi connectivity index (χ3n) is 3.40. The van der Waals surface area contributed by atoms with Crippen LogP contribution in [-0.4, -0.2) is 20.3 Å². The molecule has 0 radical (unpaired) electrons. The zero-order chi connectivity index (χ0) is 14.8. The van der Waals surface area contributed by atoms with E-state index in [0.717, 1.165) is 34.8 Å². The molecule has 0 bridgehead atoms. The second-order valence-corrected chi connectivity index (χ2v) is 6.25. The summed E-state index contributed by atoms with van der Waals surface area (Å²) >= 11 is 1.44. The molecule has 1 aromatic carbocycles. The molecular formula is C16H17N3OS. The Hall–Kier alpha value is -2.01. The van der Waals surface area contributed by atoms with Gasteiger partial charge in [0.05, 0.1) is 27.3 Å². The SMILES string of the molecule is CCCn1c(CC(=O)c2cnc(C)s2)nc2ccccc21. The van der Waals surface area contributed by atoms with E-state index >= 15 is 0 Å². The van der Waals surface area contributed by atoms with Gasteiger partial charge >= 0.3 is 0 Å². The van der Waals surface area contributed by atoms with Crippen molar-refractivity contribution in [2.24, 2.45) is 0 Å². The average molecular weight is 299 g/mol.